The average molecular weight is 235 g/mol. The van der Waals surface area contributed by atoms with Crippen molar-refractivity contribution in [2.75, 3.05) is 6.54 Å². The van der Waals surface area contributed by atoms with Crippen LogP contribution in [0.2, 0.25) is 5.15 Å². The summed E-state index contributed by atoms with van der Waals surface area (Å²) in [5, 5.41) is 3.95. The second-order valence-corrected chi connectivity index (χ2v) is 5.22. The van der Waals surface area contributed by atoms with Gasteiger partial charge >= 0.3 is 0 Å². The molecule has 1 N–H and O–H groups in total. The Kier molecular flexibility index (Phi) is 2.60. The Bertz CT molecular complexity index is 410. The summed E-state index contributed by atoms with van der Waals surface area (Å²) in [4.78, 5) is 4.18. The zero-order chi connectivity index (χ0) is 11.0. The summed E-state index contributed by atoms with van der Waals surface area (Å²) in [6.45, 7) is 1.13. The number of halogens is 1. The van der Waals surface area contributed by atoms with E-state index in [1.165, 1.54) is 24.8 Å². The van der Waals surface area contributed by atoms with Crippen molar-refractivity contribution in [1.82, 2.24) is 10.3 Å². The van der Waals surface area contributed by atoms with Crippen LogP contribution in [0.5, 0.6) is 0 Å². The lowest BCUT2D eigenvalue weighted by molar-refractivity contribution is 0.353. The first-order valence-electron chi connectivity index (χ1n) is 5.84. The number of hydrogen-bond acceptors (Lipinski definition) is 2. The first kappa shape index (κ1) is 10.2. The molecule has 16 heavy (non-hydrogen) atoms. The maximum atomic E-state index is 5.81. The van der Waals surface area contributed by atoms with E-state index < -0.39 is 0 Å². The molecule has 1 aliphatic heterocycles. The lowest BCUT2D eigenvalue weighted by Crippen LogP contribution is -2.30. The molecule has 2 atom stereocenters. The standard InChI is InChI=1S/C13H15ClN2/c14-13-2-1-11(8-16-13)12-4-9-3-10(5-12)7-15-6-9/h1-2,6,8,10,12,15H,3-5,7H2. The molecule has 2 bridgehead atoms. The summed E-state index contributed by atoms with van der Waals surface area (Å²) in [6.07, 6.45) is 7.86. The third kappa shape index (κ3) is 1.94. The highest BCUT2D eigenvalue weighted by molar-refractivity contribution is 6.29. The molecule has 1 fully saturated rings. The molecule has 0 saturated heterocycles. The van der Waals surface area contributed by atoms with Gasteiger partial charge in [0.1, 0.15) is 5.15 Å². The molecule has 1 aliphatic carbocycles. The monoisotopic (exact) mass is 234 g/mol. The van der Waals surface area contributed by atoms with Gasteiger partial charge in [-0.3, -0.25) is 0 Å². The van der Waals surface area contributed by atoms with Crippen molar-refractivity contribution < 1.29 is 0 Å². The van der Waals surface area contributed by atoms with Crippen LogP contribution in [0.1, 0.15) is 30.7 Å². The van der Waals surface area contributed by atoms with Crippen LogP contribution >= 0.6 is 11.6 Å². The van der Waals surface area contributed by atoms with Crippen LogP contribution in [0, 0.1) is 5.92 Å². The van der Waals surface area contributed by atoms with Crippen LogP contribution in [-0.2, 0) is 0 Å². The maximum Gasteiger partial charge on any atom is 0.129 e. The number of rotatable bonds is 1. The number of pyridine rings is 1. The smallest absolute Gasteiger partial charge is 0.129 e. The molecule has 3 rings (SSSR count). The predicted molar refractivity (Wildman–Crippen MR) is 65.4 cm³/mol. The fraction of sp³-hybridized carbons (Fsp3) is 0.462. The van der Waals surface area contributed by atoms with Crippen molar-refractivity contribution in [2.45, 2.75) is 25.2 Å². The molecular formula is C13H15ClN2. The molecule has 0 aromatic carbocycles. The minimum Gasteiger partial charge on any atom is -0.391 e. The highest BCUT2D eigenvalue weighted by Gasteiger charge is 2.28. The Labute approximate surface area is 101 Å². The Morgan fingerprint density at radius 3 is 3.00 bits per heavy atom. The van der Waals surface area contributed by atoms with Crippen LogP contribution in [0.15, 0.2) is 30.1 Å². The molecule has 1 aromatic rings. The molecule has 84 valence electrons. The van der Waals surface area contributed by atoms with Gasteiger partial charge in [0.2, 0.25) is 0 Å². The average Bonchev–Trinajstić information content (AvgIpc) is 2.29. The topological polar surface area (TPSA) is 24.9 Å². The Balaban J connectivity index is 1.83. The summed E-state index contributed by atoms with van der Waals surface area (Å²) in [7, 11) is 0. The molecule has 0 amide bonds. The molecule has 2 aliphatic rings. The van der Waals surface area contributed by atoms with Crippen molar-refractivity contribution >= 4 is 11.6 Å². The Morgan fingerprint density at radius 2 is 2.25 bits per heavy atom. The van der Waals surface area contributed by atoms with Gasteiger partial charge in [-0.25, -0.2) is 4.98 Å². The summed E-state index contributed by atoms with van der Waals surface area (Å²) < 4.78 is 0. The Morgan fingerprint density at radius 1 is 1.31 bits per heavy atom. The van der Waals surface area contributed by atoms with E-state index in [1.807, 2.05) is 12.3 Å². The fourth-order valence-electron chi connectivity index (χ4n) is 2.87. The number of fused-ring (bicyclic) bond motifs is 2. The molecule has 2 heterocycles. The molecule has 1 saturated carbocycles. The van der Waals surface area contributed by atoms with E-state index in [0.717, 1.165) is 12.5 Å². The second-order valence-electron chi connectivity index (χ2n) is 4.83. The van der Waals surface area contributed by atoms with Crippen LogP contribution in [0.4, 0.5) is 0 Å². The number of aromatic nitrogens is 1. The van der Waals surface area contributed by atoms with Crippen LogP contribution in [-0.4, -0.2) is 11.5 Å². The van der Waals surface area contributed by atoms with Gasteiger partial charge in [0.25, 0.3) is 0 Å². The van der Waals surface area contributed by atoms with E-state index in [4.69, 9.17) is 11.6 Å². The zero-order valence-corrected chi connectivity index (χ0v) is 9.87. The van der Waals surface area contributed by atoms with Crippen LogP contribution in [0.25, 0.3) is 0 Å². The third-order valence-corrected chi connectivity index (χ3v) is 3.84. The molecule has 3 heteroatoms. The molecule has 1 aromatic heterocycles. The molecule has 0 spiro atoms. The summed E-state index contributed by atoms with van der Waals surface area (Å²) >= 11 is 5.81. The van der Waals surface area contributed by atoms with Crippen molar-refractivity contribution in [3.8, 4) is 0 Å². The van der Waals surface area contributed by atoms with Crippen molar-refractivity contribution in [3.63, 3.8) is 0 Å². The first-order chi connectivity index (χ1) is 7.81. The van der Waals surface area contributed by atoms with Gasteiger partial charge in [0.05, 0.1) is 0 Å². The van der Waals surface area contributed by atoms with E-state index in [1.54, 1.807) is 5.57 Å². The lowest BCUT2D eigenvalue weighted by atomic mass is 9.75. The van der Waals surface area contributed by atoms with Gasteiger partial charge in [-0.1, -0.05) is 23.2 Å². The summed E-state index contributed by atoms with van der Waals surface area (Å²) in [6, 6.07) is 4.02. The predicted octanol–water partition coefficient (Wildman–Crippen LogP) is 3.11. The highest BCUT2D eigenvalue weighted by atomic mass is 35.5. The van der Waals surface area contributed by atoms with Crippen molar-refractivity contribution in [3.05, 3.63) is 40.8 Å². The van der Waals surface area contributed by atoms with Gasteiger partial charge in [0.15, 0.2) is 0 Å². The van der Waals surface area contributed by atoms with E-state index >= 15 is 0 Å². The van der Waals surface area contributed by atoms with E-state index in [9.17, 15) is 0 Å². The first-order valence-corrected chi connectivity index (χ1v) is 6.22. The largest absolute Gasteiger partial charge is 0.391 e. The van der Waals surface area contributed by atoms with E-state index in [2.05, 4.69) is 22.6 Å². The third-order valence-electron chi connectivity index (χ3n) is 3.61. The van der Waals surface area contributed by atoms with Gasteiger partial charge < -0.3 is 5.32 Å². The van der Waals surface area contributed by atoms with Gasteiger partial charge in [-0.2, -0.15) is 0 Å². The van der Waals surface area contributed by atoms with Crippen LogP contribution < -0.4 is 5.32 Å². The van der Waals surface area contributed by atoms with Crippen LogP contribution in [0.3, 0.4) is 0 Å². The second kappa shape index (κ2) is 4.10. The van der Waals surface area contributed by atoms with Crippen molar-refractivity contribution in [2.24, 2.45) is 5.92 Å². The molecule has 2 unspecified atom stereocenters. The lowest BCUT2D eigenvalue weighted by Gasteiger charge is -2.34. The Hall–Kier alpha value is -1.02. The van der Waals surface area contributed by atoms with E-state index in [0.29, 0.717) is 11.1 Å². The maximum absolute atomic E-state index is 5.81. The molecule has 2 nitrogen and oxygen atoms in total. The normalized spacial score (nSPS) is 28.2. The molecular weight excluding hydrogens is 220 g/mol. The number of allylic oxidation sites excluding steroid dienone is 1. The van der Waals surface area contributed by atoms with Gasteiger partial charge in [0, 0.05) is 12.7 Å². The SMILES string of the molecule is Clc1ccc(C2CC3=CNCC(C3)C2)cn1. The van der Waals surface area contributed by atoms with Gasteiger partial charge in [-0.15, -0.1) is 0 Å². The summed E-state index contributed by atoms with van der Waals surface area (Å²) in [5.41, 5.74) is 2.89. The minimum atomic E-state index is 0.584. The molecule has 0 radical (unpaired) electrons. The fourth-order valence-corrected chi connectivity index (χ4v) is 2.98. The zero-order valence-electron chi connectivity index (χ0n) is 9.12. The quantitative estimate of drug-likeness (QED) is 0.756. The summed E-state index contributed by atoms with van der Waals surface area (Å²) in [5.74, 6) is 1.44. The van der Waals surface area contributed by atoms with Gasteiger partial charge in [-0.05, 0) is 48.9 Å². The number of nitrogens with one attached hydrogen (secondary N) is 1. The number of nitrogens with zero attached hydrogens (tertiary/aromatic N) is 1. The highest BCUT2D eigenvalue weighted by Crippen LogP contribution is 2.40. The minimum absolute atomic E-state index is 0.584. The number of hydrogen-bond donors (Lipinski definition) is 1. The van der Waals surface area contributed by atoms with E-state index in [-0.39, 0.29) is 0 Å². The van der Waals surface area contributed by atoms with Crippen molar-refractivity contribution in [1.29, 1.82) is 0 Å².